The van der Waals surface area contributed by atoms with Gasteiger partial charge in [0.25, 0.3) is 5.91 Å². The van der Waals surface area contributed by atoms with Gasteiger partial charge in [0.1, 0.15) is 5.75 Å². The van der Waals surface area contributed by atoms with Gasteiger partial charge in [-0.05, 0) is 57.9 Å². The number of carbonyl (C=O) groups is 1. The molecule has 1 amide bonds. The van der Waals surface area contributed by atoms with Gasteiger partial charge < -0.3 is 10.1 Å². The number of carbonyl (C=O) groups excluding carboxylic acids is 1. The minimum absolute atomic E-state index is 0.133. The summed E-state index contributed by atoms with van der Waals surface area (Å²) < 4.78 is 9.41. The molecule has 4 rings (SSSR count). The van der Waals surface area contributed by atoms with Crippen LogP contribution in [0.1, 0.15) is 16.1 Å². The van der Waals surface area contributed by atoms with E-state index < -0.39 is 5.91 Å². The predicted molar refractivity (Wildman–Crippen MR) is 128 cm³/mol. The molecule has 2 heterocycles. The molecule has 2 aromatic heterocycles. The highest BCUT2D eigenvalue weighted by atomic mass is 79.9. The number of benzene rings is 2. The van der Waals surface area contributed by atoms with Crippen LogP contribution in [0.5, 0.6) is 5.75 Å². The molecule has 164 valence electrons. The van der Waals surface area contributed by atoms with Gasteiger partial charge >= 0.3 is 0 Å². The van der Waals surface area contributed by atoms with Crippen LogP contribution in [0.25, 0.3) is 0 Å². The van der Waals surface area contributed by atoms with Gasteiger partial charge in [0, 0.05) is 27.5 Å². The Morgan fingerprint density at radius 3 is 2.62 bits per heavy atom. The second-order valence-corrected chi connectivity index (χ2v) is 8.82. The standard InChI is InChI=1S/C21H15BrCl3N5O2/c22-17-11-30(10-13-4-5-15(24)9-18(13)25)28-20(17)26-21(31)19-6-7-29(27-19)12-32-16-3-1-2-14(23)8-16/h1-9,11H,10,12H2,(H,26,28,31). The Morgan fingerprint density at radius 2 is 1.84 bits per heavy atom. The number of nitrogens with zero attached hydrogens (tertiary/aromatic N) is 4. The van der Waals surface area contributed by atoms with Crippen LogP contribution in [0.3, 0.4) is 0 Å². The van der Waals surface area contributed by atoms with E-state index in [1.165, 1.54) is 4.68 Å². The molecule has 1 N–H and O–H groups in total. The summed E-state index contributed by atoms with van der Waals surface area (Å²) in [5.74, 6) is 0.570. The van der Waals surface area contributed by atoms with Crippen molar-refractivity contribution in [2.24, 2.45) is 0 Å². The van der Waals surface area contributed by atoms with E-state index in [1.807, 2.05) is 6.07 Å². The third-order valence-electron chi connectivity index (χ3n) is 4.33. The van der Waals surface area contributed by atoms with Crippen LogP contribution in [0.15, 0.2) is 65.4 Å². The highest BCUT2D eigenvalue weighted by Gasteiger charge is 2.15. The molecule has 0 spiro atoms. The summed E-state index contributed by atoms with van der Waals surface area (Å²) >= 11 is 21.5. The molecule has 0 aliphatic carbocycles. The van der Waals surface area contributed by atoms with Crippen molar-refractivity contribution < 1.29 is 9.53 Å². The first-order valence-corrected chi connectivity index (χ1v) is 11.2. The molecule has 0 aliphatic rings. The molecule has 0 bridgehead atoms. The van der Waals surface area contributed by atoms with Crippen molar-refractivity contribution in [2.75, 3.05) is 5.32 Å². The molecule has 7 nitrogen and oxygen atoms in total. The molecule has 4 aromatic rings. The van der Waals surface area contributed by atoms with Crippen LogP contribution in [0.4, 0.5) is 5.82 Å². The van der Waals surface area contributed by atoms with E-state index in [1.54, 1.807) is 59.5 Å². The Labute approximate surface area is 207 Å². The molecule has 0 unspecified atom stereocenters. The summed E-state index contributed by atoms with van der Waals surface area (Å²) in [4.78, 5) is 12.6. The minimum atomic E-state index is -0.401. The molecule has 32 heavy (non-hydrogen) atoms. The van der Waals surface area contributed by atoms with Crippen molar-refractivity contribution in [1.29, 1.82) is 0 Å². The van der Waals surface area contributed by atoms with Crippen molar-refractivity contribution in [3.8, 4) is 5.75 Å². The Balaban J connectivity index is 1.39. The molecule has 0 aliphatic heterocycles. The van der Waals surface area contributed by atoms with Crippen molar-refractivity contribution in [3.05, 3.63) is 91.7 Å². The van der Waals surface area contributed by atoms with Crippen molar-refractivity contribution in [2.45, 2.75) is 13.3 Å². The third-order valence-corrected chi connectivity index (χ3v) is 5.73. The van der Waals surface area contributed by atoms with Gasteiger partial charge in [-0.2, -0.15) is 10.2 Å². The van der Waals surface area contributed by atoms with Crippen molar-refractivity contribution >= 4 is 62.5 Å². The molecule has 0 saturated heterocycles. The van der Waals surface area contributed by atoms with Gasteiger partial charge in [0.05, 0.1) is 11.0 Å². The van der Waals surface area contributed by atoms with Gasteiger partial charge in [-0.3, -0.25) is 9.48 Å². The lowest BCUT2D eigenvalue weighted by Crippen LogP contribution is -2.15. The summed E-state index contributed by atoms with van der Waals surface area (Å²) in [5.41, 5.74) is 1.07. The van der Waals surface area contributed by atoms with E-state index in [-0.39, 0.29) is 12.4 Å². The fourth-order valence-corrected chi connectivity index (χ4v) is 3.87. The number of halogens is 4. The lowest BCUT2D eigenvalue weighted by Gasteiger charge is -2.06. The predicted octanol–water partition coefficient (Wildman–Crippen LogP) is 6.14. The minimum Gasteiger partial charge on any atom is -0.471 e. The van der Waals surface area contributed by atoms with E-state index in [0.717, 1.165) is 5.56 Å². The maximum Gasteiger partial charge on any atom is 0.277 e. The summed E-state index contributed by atoms with van der Waals surface area (Å²) in [6, 6.07) is 13.9. The Bertz CT molecular complexity index is 1270. The zero-order chi connectivity index (χ0) is 22.7. The first-order valence-electron chi connectivity index (χ1n) is 9.27. The zero-order valence-corrected chi connectivity index (χ0v) is 20.2. The summed E-state index contributed by atoms with van der Waals surface area (Å²) in [7, 11) is 0. The molecular weight excluding hydrogens is 541 g/mol. The Hall–Kier alpha value is -2.52. The van der Waals surface area contributed by atoms with Crippen molar-refractivity contribution in [3.63, 3.8) is 0 Å². The number of ether oxygens (including phenoxy) is 1. The van der Waals surface area contributed by atoms with E-state index >= 15 is 0 Å². The second kappa shape index (κ2) is 9.95. The number of nitrogens with one attached hydrogen (secondary N) is 1. The average molecular weight is 556 g/mol. The Kier molecular flexibility index (Phi) is 7.05. The maximum absolute atomic E-state index is 12.6. The third kappa shape index (κ3) is 5.63. The summed E-state index contributed by atoms with van der Waals surface area (Å²) in [6.07, 6.45) is 3.40. The van der Waals surface area contributed by atoms with Crippen LogP contribution in [0.2, 0.25) is 15.1 Å². The molecule has 0 radical (unpaired) electrons. The van der Waals surface area contributed by atoms with E-state index in [4.69, 9.17) is 39.5 Å². The lowest BCUT2D eigenvalue weighted by molar-refractivity contribution is 0.101. The fourth-order valence-electron chi connectivity index (χ4n) is 2.81. The molecule has 0 saturated carbocycles. The van der Waals surface area contributed by atoms with Crippen molar-refractivity contribution in [1.82, 2.24) is 19.6 Å². The normalized spacial score (nSPS) is 10.9. The topological polar surface area (TPSA) is 74.0 Å². The Morgan fingerprint density at radius 1 is 1.03 bits per heavy atom. The highest BCUT2D eigenvalue weighted by molar-refractivity contribution is 9.10. The van der Waals surface area contributed by atoms with Crippen LogP contribution < -0.4 is 10.1 Å². The maximum atomic E-state index is 12.6. The number of hydrogen-bond donors (Lipinski definition) is 1. The van der Waals surface area contributed by atoms with Crippen LogP contribution >= 0.6 is 50.7 Å². The highest BCUT2D eigenvalue weighted by Crippen LogP contribution is 2.25. The monoisotopic (exact) mass is 553 g/mol. The van der Waals surface area contributed by atoms with Crippen LogP contribution in [-0.2, 0) is 13.3 Å². The number of hydrogen-bond acceptors (Lipinski definition) is 4. The number of aromatic nitrogens is 4. The van der Waals surface area contributed by atoms with Gasteiger partial charge in [0.15, 0.2) is 18.2 Å². The molecule has 0 atom stereocenters. The number of rotatable bonds is 7. The zero-order valence-electron chi connectivity index (χ0n) is 16.3. The van der Waals surface area contributed by atoms with Crippen LogP contribution in [-0.4, -0.2) is 25.5 Å². The van der Waals surface area contributed by atoms with Gasteiger partial charge in [0.2, 0.25) is 0 Å². The lowest BCUT2D eigenvalue weighted by atomic mass is 10.2. The van der Waals surface area contributed by atoms with E-state index in [2.05, 4.69) is 31.4 Å². The quantitative estimate of drug-likeness (QED) is 0.297. The summed E-state index contributed by atoms with van der Waals surface area (Å²) in [6.45, 7) is 0.549. The van der Waals surface area contributed by atoms with Gasteiger partial charge in [-0.25, -0.2) is 4.68 Å². The largest absolute Gasteiger partial charge is 0.471 e. The van der Waals surface area contributed by atoms with Gasteiger partial charge in [-0.1, -0.05) is 46.9 Å². The second-order valence-electron chi connectivity index (χ2n) is 6.68. The molecule has 0 fully saturated rings. The molecule has 2 aromatic carbocycles. The average Bonchev–Trinajstić information content (AvgIpc) is 3.35. The van der Waals surface area contributed by atoms with E-state index in [0.29, 0.717) is 37.7 Å². The first kappa shape index (κ1) is 22.7. The summed E-state index contributed by atoms with van der Waals surface area (Å²) in [5, 5.41) is 13.1. The first-order chi connectivity index (χ1) is 15.4. The van der Waals surface area contributed by atoms with E-state index in [9.17, 15) is 4.79 Å². The SMILES string of the molecule is O=C(Nc1nn(Cc2ccc(Cl)cc2Cl)cc1Br)c1ccn(COc2cccc(Cl)c2)n1. The number of amides is 1. The molecular formula is C21H15BrCl3N5O2. The number of anilines is 1. The van der Waals surface area contributed by atoms with Gasteiger partial charge in [-0.15, -0.1) is 0 Å². The molecule has 11 heteroatoms. The van der Waals surface area contributed by atoms with Crippen LogP contribution in [0, 0.1) is 0 Å². The smallest absolute Gasteiger partial charge is 0.277 e. The fraction of sp³-hybridized carbons (Fsp3) is 0.0952.